The summed E-state index contributed by atoms with van der Waals surface area (Å²) in [4.78, 5) is 10.9. The molecule has 0 bridgehead atoms. The van der Waals surface area contributed by atoms with Crippen LogP contribution < -0.4 is 0 Å². The number of aryl methyl sites for hydroxylation is 1. The molecule has 7 heteroatoms. The number of aromatic nitrogens is 3. The molecule has 0 aliphatic carbocycles. The zero-order chi connectivity index (χ0) is 15.6. The second-order valence-corrected chi connectivity index (χ2v) is 5.57. The van der Waals surface area contributed by atoms with E-state index in [0.717, 1.165) is 5.56 Å². The van der Waals surface area contributed by atoms with Gasteiger partial charge in [0.05, 0.1) is 16.4 Å². The van der Waals surface area contributed by atoms with Crippen LogP contribution in [0.2, 0.25) is 0 Å². The van der Waals surface area contributed by atoms with Gasteiger partial charge in [0.25, 0.3) is 5.69 Å². The molecule has 0 radical (unpaired) electrons. The van der Waals surface area contributed by atoms with Gasteiger partial charge in [0.1, 0.15) is 5.82 Å². The summed E-state index contributed by atoms with van der Waals surface area (Å²) in [5.74, 6) is 1.70. The van der Waals surface area contributed by atoms with E-state index in [9.17, 15) is 10.1 Å². The molecule has 0 saturated carbocycles. The average molecular weight is 309 g/mol. The molecule has 0 aliphatic rings. The monoisotopic (exact) mass is 308 g/mol. The highest BCUT2D eigenvalue weighted by Crippen LogP contribution is 2.32. The molecule has 0 atom stereocenters. The van der Waals surface area contributed by atoms with Crippen molar-refractivity contribution in [3.63, 3.8) is 0 Å². The van der Waals surface area contributed by atoms with Crippen LogP contribution in [0.3, 0.4) is 0 Å². The summed E-state index contributed by atoms with van der Waals surface area (Å²) in [6.07, 6.45) is 0. The van der Waals surface area contributed by atoms with Crippen LogP contribution >= 0.6 is 11.6 Å². The minimum atomic E-state index is -0.392. The average Bonchev–Trinajstić information content (AvgIpc) is 2.80. The fourth-order valence-corrected chi connectivity index (χ4v) is 2.47. The number of benzene rings is 1. The van der Waals surface area contributed by atoms with Gasteiger partial charge in [-0.1, -0.05) is 26.0 Å². The lowest BCUT2D eigenvalue weighted by atomic mass is 10.1. The van der Waals surface area contributed by atoms with Crippen molar-refractivity contribution in [2.75, 3.05) is 0 Å². The van der Waals surface area contributed by atoms with Gasteiger partial charge >= 0.3 is 0 Å². The van der Waals surface area contributed by atoms with E-state index in [4.69, 9.17) is 11.6 Å². The van der Waals surface area contributed by atoms with E-state index >= 15 is 0 Å². The van der Waals surface area contributed by atoms with E-state index in [1.54, 1.807) is 6.07 Å². The van der Waals surface area contributed by atoms with Crippen molar-refractivity contribution in [1.82, 2.24) is 14.8 Å². The Morgan fingerprint density at radius 2 is 2.10 bits per heavy atom. The Balaban J connectivity index is 2.67. The summed E-state index contributed by atoms with van der Waals surface area (Å²) in [5.41, 5.74) is 1.34. The van der Waals surface area contributed by atoms with Crippen molar-refractivity contribution in [1.29, 1.82) is 0 Å². The maximum atomic E-state index is 11.3. The largest absolute Gasteiger partial charge is 0.310 e. The summed E-state index contributed by atoms with van der Waals surface area (Å²) in [7, 11) is 0. The summed E-state index contributed by atoms with van der Waals surface area (Å²) in [6, 6.07) is 4.98. The van der Waals surface area contributed by atoms with Crippen molar-refractivity contribution >= 4 is 17.3 Å². The van der Waals surface area contributed by atoms with Crippen molar-refractivity contribution in [3.8, 4) is 11.4 Å². The lowest BCUT2D eigenvalue weighted by Gasteiger charge is -2.13. The molecule has 1 heterocycles. The normalized spacial score (nSPS) is 11.1. The first-order valence-corrected chi connectivity index (χ1v) is 7.21. The summed E-state index contributed by atoms with van der Waals surface area (Å²) in [5, 5.41) is 19.5. The molecule has 0 saturated heterocycles. The van der Waals surface area contributed by atoms with Gasteiger partial charge in [-0.05, 0) is 18.4 Å². The molecule has 0 amide bonds. The lowest BCUT2D eigenvalue weighted by molar-refractivity contribution is -0.384. The van der Waals surface area contributed by atoms with Crippen LogP contribution in [0.4, 0.5) is 5.69 Å². The zero-order valence-electron chi connectivity index (χ0n) is 12.2. The van der Waals surface area contributed by atoms with Crippen LogP contribution in [0, 0.1) is 23.0 Å². The van der Waals surface area contributed by atoms with Crippen LogP contribution in [0.1, 0.15) is 25.2 Å². The van der Waals surface area contributed by atoms with Gasteiger partial charge < -0.3 is 4.57 Å². The van der Waals surface area contributed by atoms with Gasteiger partial charge in [-0.15, -0.1) is 21.8 Å². The second-order valence-electron chi connectivity index (χ2n) is 5.30. The molecule has 0 unspecified atom stereocenters. The van der Waals surface area contributed by atoms with Crippen molar-refractivity contribution in [2.45, 2.75) is 33.2 Å². The minimum Gasteiger partial charge on any atom is -0.310 e. The number of halogens is 1. The van der Waals surface area contributed by atoms with Crippen molar-refractivity contribution < 1.29 is 4.92 Å². The Bertz CT molecular complexity index is 667. The Kier molecular flexibility index (Phi) is 4.57. The van der Waals surface area contributed by atoms with Gasteiger partial charge in [0.15, 0.2) is 5.82 Å². The zero-order valence-corrected chi connectivity index (χ0v) is 13.0. The van der Waals surface area contributed by atoms with Gasteiger partial charge in [-0.2, -0.15) is 0 Å². The molecule has 0 spiro atoms. The molecule has 1 aromatic heterocycles. The van der Waals surface area contributed by atoms with Gasteiger partial charge in [0, 0.05) is 12.6 Å². The Labute approximate surface area is 127 Å². The predicted molar refractivity (Wildman–Crippen MR) is 81.2 cm³/mol. The first kappa shape index (κ1) is 15.4. The second kappa shape index (κ2) is 6.22. The summed E-state index contributed by atoms with van der Waals surface area (Å²) >= 11 is 5.90. The lowest BCUT2D eigenvalue weighted by Crippen LogP contribution is -2.10. The van der Waals surface area contributed by atoms with E-state index in [2.05, 4.69) is 24.0 Å². The number of hydrogen-bond donors (Lipinski definition) is 0. The Morgan fingerprint density at radius 1 is 1.38 bits per heavy atom. The Morgan fingerprint density at radius 3 is 2.67 bits per heavy atom. The Hall–Kier alpha value is -1.95. The predicted octanol–water partition coefficient (Wildman–Crippen LogP) is 3.56. The molecule has 21 heavy (non-hydrogen) atoms. The highest BCUT2D eigenvalue weighted by Gasteiger charge is 2.24. The maximum absolute atomic E-state index is 11.3. The van der Waals surface area contributed by atoms with Gasteiger partial charge in [-0.25, -0.2) is 0 Å². The fraction of sp³-hybridized carbons (Fsp3) is 0.429. The number of nitro benzene ring substituents is 1. The minimum absolute atomic E-state index is 0.0357. The topological polar surface area (TPSA) is 73.8 Å². The number of nitrogens with zero attached hydrogens (tertiary/aromatic N) is 4. The number of hydrogen-bond acceptors (Lipinski definition) is 4. The molecule has 6 nitrogen and oxygen atoms in total. The van der Waals surface area contributed by atoms with Crippen LogP contribution in [-0.2, 0) is 12.4 Å². The van der Waals surface area contributed by atoms with Crippen LogP contribution in [0.25, 0.3) is 11.4 Å². The highest BCUT2D eigenvalue weighted by atomic mass is 35.5. The van der Waals surface area contributed by atoms with E-state index in [1.807, 2.05) is 17.6 Å². The molecule has 0 aliphatic heterocycles. The van der Waals surface area contributed by atoms with Crippen molar-refractivity contribution in [3.05, 3.63) is 39.7 Å². The molecule has 2 rings (SSSR count). The number of alkyl halides is 1. The van der Waals surface area contributed by atoms with E-state index in [1.165, 1.54) is 6.07 Å². The first-order chi connectivity index (χ1) is 9.95. The molecule has 0 fully saturated rings. The fourth-order valence-electron chi connectivity index (χ4n) is 2.27. The van der Waals surface area contributed by atoms with Crippen molar-refractivity contribution in [2.24, 2.45) is 5.92 Å². The highest BCUT2D eigenvalue weighted by molar-refractivity contribution is 6.16. The number of rotatable bonds is 5. The summed E-state index contributed by atoms with van der Waals surface area (Å²) in [6.45, 7) is 6.62. The molecule has 2 aromatic rings. The SMILES string of the molecule is Cc1cccc([N+](=O)[O-])c1-c1nnc(CCl)n1CC(C)C. The van der Waals surface area contributed by atoms with Crippen LogP contribution in [0.15, 0.2) is 18.2 Å². The smallest absolute Gasteiger partial charge is 0.280 e. The third kappa shape index (κ3) is 3.05. The quantitative estimate of drug-likeness (QED) is 0.481. The van der Waals surface area contributed by atoms with Gasteiger partial charge in [-0.3, -0.25) is 10.1 Å². The molecular formula is C14H17ClN4O2. The summed E-state index contributed by atoms with van der Waals surface area (Å²) < 4.78 is 1.87. The third-order valence-electron chi connectivity index (χ3n) is 3.17. The van der Waals surface area contributed by atoms with Crippen LogP contribution in [0.5, 0.6) is 0 Å². The number of nitro groups is 1. The van der Waals surface area contributed by atoms with E-state index in [-0.39, 0.29) is 11.6 Å². The third-order valence-corrected chi connectivity index (χ3v) is 3.40. The molecule has 0 N–H and O–H groups in total. The molecular weight excluding hydrogens is 292 g/mol. The van der Waals surface area contributed by atoms with E-state index < -0.39 is 4.92 Å². The maximum Gasteiger partial charge on any atom is 0.280 e. The van der Waals surface area contributed by atoms with Gasteiger partial charge in [0.2, 0.25) is 0 Å². The molecule has 112 valence electrons. The van der Waals surface area contributed by atoms with E-state index in [0.29, 0.717) is 29.7 Å². The standard InChI is InChI=1S/C14H17ClN4O2/c1-9(2)8-18-12(7-15)16-17-14(18)13-10(3)5-4-6-11(13)19(20)21/h4-6,9H,7-8H2,1-3H3. The first-order valence-electron chi connectivity index (χ1n) is 6.68. The molecule has 1 aromatic carbocycles. The van der Waals surface area contributed by atoms with Crippen LogP contribution in [-0.4, -0.2) is 19.7 Å².